The van der Waals surface area contributed by atoms with Crippen molar-refractivity contribution in [2.24, 2.45) is 0 Å². The van der Waals surface area contributed by atoms with Crippen molar-refractivity contribution in [2.75, 3.05) is 0 Å². The number of aromatic hydroxyl groups is 1. The van der Waals surface area contributed by atoms with Gasteiger partial charge in [0.25, 0.3) is 0 Å². The van der Waals surface area contributed by atoms with Crippen LogP contribution >= 0.6 is 0 Å². The first-order valence-electron chi connectivity index (χ1n) is 9.13. The fourth-order valence-corrected chi connectivity index (χ4v) is 3.76. The number of phenols is 1. The molecule has 0 unspecified atom stereocenters. The van der Waals surface area contributed by atoms with Crippen LogP contribution < -0.4 is 4.74 Å². The van der Waals surface area contributed by atoms with Crippen molar-refractivity contribution in [2.45, 2.75) is 5.92 Å². The monoisotopic (exact) mass is 382 g/mol. The van der Waals surface area contributed by atoms with Crippen molar-refractivity contribution < 1.29 is 14.3 Å². The van der Waals surface area contributed by atoms with Crippen molar-refractivity contribution in [3.8, 4) is 28.8 Å². The molecule has 1 aliphatic heterocycles. The second-order valence-corrected chi connectivity index (χ2v) is 6.81. The number of hydrogen-bond donors (Lipinski definition) is 1. The highest BCUT2D eigenvalue weighted by atomic mass is 16.5. The van der Waals surface area contributed by atoms with Gasteiger partial charge in [-0.25, -0.2) is 14.5 Å². The van der Waals surface area contributed by atoms with Gasteiger partial charge in [-0.3, -0.25) is 0 Å². The zero-order valence-corrected chi connectivity index (χ0v) is 15.1. The van der Waals surface area contributed by atoms with E-state index in [9.17, 15) is 5.11 Å². The largest absolute Gasteiger partial charge is 0.508 e. The number of rotatable bonds is 2. The molecule has 7 nitrogen and oxygen atoms in total. The van der Waals surface area contributed by atoms with Crippen LogP contribution in [0.2, 0.25) is 0 Å². The lowest BCUT2D eigenvalue weighted by molar-refractivity contribution is 0.409. The number of nitrogens with zero attached hydrogens (tertiary/aromatic N) is 4. The van der Waals surface area contributed by atoms with E-state index in [4.69, 9.17) is 14.1 Å². The third kappa shape index (κ3) is 2.41. The predicted molar refractivity (Wildman–Crippen MR) is 104 cm³/mol. The molecular weight excluding hydrogens is 368 g/mol. The molecule has 5 aromatic rings. The number of ether oxygens (including phenoxy) is 1. The van der Waals surface area contributed by atoms with Crippen molar-refractivity contribution in [1.29, 1.82) is 0 Å². The number of benzene rings is 2. The van der Waals surface area contributed by atoms with E-state index in [-0.39, 0.29) is 11.7 Å². The number of hydrogen-bond acceptors (Lipinski definition) is 6. The Labute approximate surface area is 164 Å². The summed E-state index contributed by atoms with van der Waals surface area (Å²) in [7, 11) is 0. The molecule has 2 aromatic carbocycles. The van der Waals surface area contributed by atoms with Gasteiger partial charge in [-0.1, -0.05) is 36.4 Å². The van der Waals surface area contributed by atoms with E-state index < -0.39 is 0 Å². The average Bonchev–Trinajstić information content (AvgIpc) is 3.42. The molecule has 0 bridgehead atoms. The van der Waals surface area contributed by atoms with Crippen LogP contribution in [0.4, 0.5) is 0 Å². The zero-order valence-electron chi connectivity index (χ0n) is 15.1. The molecule has 140 valence electrons. The molecule has 0 radical (unpaired) electrons. The molecule has 6 rings (SSSR count). The normalized spacial score (nSPS) is 15.0. The summed E-state index contributed by atoms with van der Waals surface area (Å²) in [6.45, 7) is 0. The summed E-state index contributed by atoms with van der Waals surface area (Å²) >= 11 is 0. The first kappa shape index (κ1) is 15.9. The maximum atomic E-state index is 9.90. The van der Waals surface area contributed by atoms with Crippen LogP contribution in [0, 0.1) is 0 Å². The van der Waals surface area contributed by atoms with Gasteiger partial charge >= 0.3 is 0 Å². The second kappa shape index (κ2) is 5.93. The van der Waals surface area contributed by atoms with Crippen molar-refractivity contribution >= 4 is 5.65 Å². The molecule has 0 amide bonds. The topological polar surface area (TPSA) is 85.7 Å². The van der Waals surface area contributed by atoms with Crippen LogP contribution in [-0.2, 0) is 0 Å². The minimum absolute atomic E-state index is 0.125. The lowest BCUT2D eigenvalue weighted by atomic mass is 9.87. The molecule has 0 saturated heterocycles. The maximum Gasteiger partial charge on any atom is 0.228 e. The summed E-state index contributed by atoms with van der Waals surface area (Å²) in [5.41, 5.74) is 3.20. The zero-order chi connectivity index (χ0) is 19.4. The quantitative estimate of drug-likeness (QED) is 0.478. The average molecular weight is 382 g/mol. The molecule has 1 atom stereocenters. The molecular formula is C22H14N4O3. The summed E-state index contributed by atoms with van der Waals surface area (Å²) in [6.07, 6.45) is 3.22. The van der Waals surface area contributed by atoms with E-state index in [1.165, 1.54) is 0 Å². The minimum Gasteiger partial charge on any atom is -0.508 e. The van der Waals surface area contributed by atoms with Gasteiger partial charge in [0.15, 0.2) is 11.5 Å². The molecule has 1 aliphatic rings. The third-order valence-corrected chi connectivity index (χ3v) is 5.05. The number of furan rings is 1. The lowest BCUT2D eigenvalue weighted by Crippen LogP contribution is -2.14. The van der Waals surface area contributed by atoms with Crippen LogP contribution in [-0.4, -0.2) is 24.7 Å². The van der Waals surface area contributed by atoms with Crippen LogP contribution in [0.15, 0.2) is 77.7 Å². The standard InChI is InChI=1S/C22H14N4O3/c27-14-8-9-15-17(11-14)29-22-19(18(15)16-7-4-10-28-16)21-24-20(25-26(21)12-23-22)13-5-2-1-3-6-13/h1-12,18,27H/t18-/m0/s1. The van der Waals surface area contributed by atoms with Gasteiger partial charge in [0, 0.05) is 17.2 Å². The molecule has 4 heterocycles. The first-order chi connectivity index (χ1) is 14.3. The Morgan fingerprint density at radius 3 is 2.72 bits per heavy atom. The second-order valence-electron chi connectivity index (χ2n) is 6.81. The van der Waals surface area contributed by atoms with Gasteiger partial charge in [0.05, 0.1) is 17.7 Å². The lowest BCUT2D eigenvalue weighted by Gasteiger charge is -2.26. The van der Waals surface area contributed by atoms with Crippen molar-refractivity contribution in [3.63, 3.8) is 0 Å². The molecule has 7 heteroatoms. The maximum absolute atomic E-state index is 9.90. The SMILES string of the molecule is Oc1ccc2c(c1)Oc1ncn3nc(-c4ccccc4)nc3c1[C@@H]2c1ccco1. The van der Waals surface area contributed by atoms with E-state index in [1.54, 1.807) is 29.2 Å². The summed E-state index contributed by atoms with van der Waals surface area (Å²) in [5.74, 6) is 2.15. The van der Waals surface area contributed by atoms with Crippen LogP contribution in [0.3, 0.4) is 0 Å². The molecule has 1 N–H and O–H groups in total. The Morgan fingerprint density at radius 2 is 1.90 bits per heavy atom. The van der Waals surface area contributed by atoms with E-state index >= 15 is 0 Å². The van der Waals surface area contributed by atoms with E-state index in [0.29, 0.717) is 23.1 Å². The fourth-order valence-electron chi connectivity index (χ4n) is 3.76. The van der Waals surface area contributed by atoms with E-state index in [1.807, 2.05) is 48.5 Å². The summed E-state index contributed by atoms with van der Waals surface area (Å²) in [6, 6.07) is 18.6. The molecule has 0 fully saturated rings. The number of phenolic OH excluding ortho intramolecular Hbond substituents is 1. The predicted octanol–water partition coefficient (Wildman–Crippen LogP) is 4.38. The van der Waals surface area contributed by atoms with Crippen LogP contribution in [0.1, 0.15) is 22.8 Å². The van der Waals surface area contributed by atoms with Gasteiger partial charge in [-0.2, -0.15) is 0 Å². The molecule has 0 aliphatic carbocycles. The fraction of sp³-hybridized carbons (Fsp3) is 0.0455. The van der Waals surface area contributed by atoms with Crippen LogP contribution in [0.25, 0.3) is 17.0 Å². The highest BCUT2D eigenvalue weighted by molar-refractivity contribution is 5.68. The molecule has 0 saturated carbocycles. The van der Waals surface area contributed by atoms with Gasteiger partial charge in [-0.05, 0) is 18.2 Å². The first-order valence-corrected chi connectivity index (χ1v) is 9.13. The summed E-state index contributed by atoms with van der Waals surface area (Å²) < 4.78 is 13.4. The number of fused-ring (bicyclic) bond motifs is 4. The van der Waals surface area contributed by atoms with Crippen molar-refractivity contribution in [3.05, 3.63) is 90.1 Å². The summed E-state index contributed by atoms with van der Waals surface area (Å²) in [5, 5.41) is 14.5. The molecule has 0 spiro atoms. The van der Waals surface area contributed by atoms with Gasteiger partial charge < -0.3 is 14.3 Å². The Balaban J connectivity index is 1.63. The van der Waals surface area contributed by atoms with E-state index in [0.717, 1.165) is 22.5 Å². The summed E-state index contributed by atoms with van der Waals surface area (Å²) in [4.78, 5) is 9.25. The van der Waals surface area contributed by atoms with Gasteiger partial charge in [0.1, 0.15) is 23.6 Å². The van der Waals surface area contributed by atoms with Crippen LogP contribution in [0.5, 0.6) is 17.4 Å². The highest BCUT2D eigenvalue weighted by Crippen LogP contribution is 2.48. The smallest absolute Gasteiger partial charge is 0.228 e. The Morgan fingerprint density at radius 1 is 1.00 bits per heavy atom. The molecule has 3 aromatic heterocycles. The highest BCUT2D eigenvalue weighted by Gasteiger charge is 2.35. The van der Waals surface area contributed by atoms with Gasteiger partial charge in [0.2, 0.25) is 5.88 Å². The van der Waals surface area contributed by atoms with E-state index in [2.05, 4.69) is 10.1 Å². The Kier molecular flexibility index (Phi) is 3.25. The van der Waals surface area contributed by atoms with Gasteiger partial charge in [-0.15, -0.1) is 5.10 Å². The number of aromatic nitrogens is 4. The van der Waals surface area contributed by atoms with Crippen molar-refractivity contribution in [1.82, 2.24) is 19.6 Å². The molecule has 29 heavy (non-hydrogen) atoms. The minimum atomic E-state index is -0.284. The Hall–Kier alpha value is -4.13. The Bertz CT molecular complexity index is 1340. The third-order valence-electron chi connectivity index (χ3n) is 5.05.